The molecule has 122 valence electrons. The van der Waals surface area contributed by atoms with Gasteiger partial charge in [0, 0.05) is 16.6 Å². The number of benzene rings is 2. The first-order chi connectivity index (χ1) is 11.6. The van der Waals surface area contributed by atoms with E-state index in [1.165, 1.54) is 7.11 Å². The molecule has 0 aliphatic rings. The molecule has 0 spiro atoms. The first kappa shape index (κ1) is 15.8. The predicted octanol–water partition coefficient (Wildman–Crippen LogP) is 3.62. The maximum Gasteiger partial charge on any atom is 0.340 e. The van der Waals surface area contributed by atoms with Crippen molar-refractivity contribution in [2.45, 2.75) is 13.5 Å². The van der Waals surface area contributed by atoms with Crippen LogP contribution in [0, 0.1) is 6.92 Å². The fraction of sp³-hybridized carbons (Fsp3) is 0.158. The number of carbonyl (C=O) groups excluding carboxylic acids is 2. The number of carbonyl (C=O) groups is 2. The van der Waals surface area contributed by atoms with Gasteiger partial charge in [-0.1, -0.05) is 30.3 Å². The molecule has 0 aliphatic heterocycles. The van der Waals surface area contributed by atoms with Gasteiger partial charge in [0.25, 0.3) is 0 Å². The first-order valence-electron chi connectivity index (χ1n) is 7.52. The van der Waals surface area contributed by atoms with Crippen LogP contribution in [-0.4, -0.2) is 24.0 Å². The molecule has 0 saturated carbocycles. The lowest BCUT2D eigenvalue weighted by Crippen LogP contribution is -2.07. The number of para-hydroxylation sites is 1. The summed E-state index contributed by atoms with van der Waals surface area (Å²) in [7, 11) is 1.33. The smallest absolute Gasteiger partial charge is 0.340 e. The maximum atomic E-state index is 12.5. The predicted molar refractivity (Wildman–Crippen MR) is 89.9 cm³/mol. The Hall–Kier alpha value is -3.08. The molecule has 3 aromatic rings. The molecule has 1 heterocycles. The molecule has 5 nitrogen and oxygen atoms in total. The largest absolute Gasteiger partial charge is 0.465 e. The SMILES string of the molecule is COC(=O)c1cccc(COC(=O)c2c(C)[nH]c3ccccc23)c1. The lowest BCUT2D eigenvalue weighted by atomic mass is 10.1. The topological polar surface area (TPSA) is 68.4 Å². The summed E-state index contributed by atoms with van der Waals surface area (Å²) in [6, 6.07) is 14.4. The molecule has 1 N–H and O–H groups in total. The lowest BCUT2D eigenvalue weighted by molar-refractivity contribution is 0.0474. The average Bonchev–Trinajstić information content (AvgIpc) is 2.95. The maximum absolute atomic E-state index is 12.5. The summed E-state index contributed by atoms with van der Waals surface area (Å²) in [6.45, 7) is 1.93. The van der Waals surface area contributed by atoms with Crippen LogP contribution in [0.5, 0.6) is 0 Å². The average molecular weight is 323 g/mol. The van der Waals surface area contributed by atoms with Crippen molar-refractivity contribution in [1.29, 1.82) is 0 Å². The number of hydrogen-bond acceptors (Lipinski definition) is 4. The molecule has 0 unspecified atom stereocenters. The molecular formula is C19H17NO4. The summed E-state index contributed by atoms with van der Waals surface area (Å²) in [6.07, 6.45) is 0. The van der Waals surface area contributed by atoms with Gasteiger partial charge in [-0.05, 0) is 30.7 Å². The first-order valence-corrected chi connectivity index (χ1v) is 7.52. The van der Waals surface area contributed by atoms with Crippen LogP contribution in [0.25, 0.3) is 10.9 Å². The van der Waals surface area contributed by atoms with Crippen molar-refractivity contribution in [2.75, 3.05) is 7.11 Å². The van der Waals surface area contributed by atoms with E-state index in [4.69, 9.17) is 4.74 Å². The van der Waals surface area contributed by atoms with Crippen LogP contribution < -0.4 is 0 Å². The highest BCUT2D eigenvalue weighted by molar-refractivity contribution is 6.05. The summed E-state index contributed by atoms with van der Waals surface area (Å²) >= 11 is 0. The van der Waals surface area contributed by atoms with Gasteiger partial charge in [-0.2, -0.15) is 0 Å². The highest BCUT2D eigenvalue weighted by Gasteiger charge is 2.17. The van der Waals surface area contributed by atoms with E-state index in [1.807, 2.05) is 31.2 Å². The molecule has 24 heavy (non-hydrogen) atoms. The van der Waals surface area contributed by atoms with Crippen LogP contribution in [0.1, 0.15) is 32.0 Å². The number of aromatic amines is 1. The molecule has 3 rings (SSSR count). The molecule has 0 aliphatic carbocycles. The number of esters is 2. The second kappa shape index (κ2) is 6.58. The Balaban J connectivity index is 1.78. The third-order valence-corrected chi connectivity index (χ3v) is 3.82. The van der Waals surface area contributed by atoms with Gasteiger partial charge in [0.05, 0.1) is 18.2 Å². The number of nitrogens with one attached hydrogen (secondary N) is 1. The van der Waals surface area contributed by atoms with E-state index in [2.05, 4.69) is 9.72 Å². The highest BCUT2D eigenvalue weighted by atomic mass is 16.5. The van der Waals surface area contributed by atoms with E-state index < -0.39 is 11.9 Å². The van der Waals surface area contributed by atoms with E-state index in [0.29, 0.717) is 11.1 Å². The van der Waals surface area contributed by atoms with Crippen LogP contribution in [0.15, 0.2) is 48.5 Å². The molecular weight excluding hydrogens is 306 g/mol. The van der Waals surface area contributed by atoms with Gasteiger partial charge in [0.15, 0.2) is 0 Å². The molecule has 0 amide bonds. The van der Waals surface area contributed by atoms with Gasteiger partial charge in [-0.15, -0.1) is 0 Å². The fourth-order valence-corrected chi connectivity index (χ4v) is 2.67. The molecule has 2 aromatic carbocycles. The molecule has 0 fully saturated rings. The zero-order valence-electron chi connectivity index (χ0n) is 13.5. The number of hydrogen-bond donors (Lipinski definition) is 1. The van der Waals surface area contributed by atoms with Crippen molar-refractivity contribution in [3.05, 3.63) is 70.9 Å². The quantitative estimate of drug-likeness (QED) is 0.745. The Kier molecular flexibility index (Phi) is 4.33. The number of ether oxygens (including phenoxy) is 2. The van der Waals surface area contributed by atoms with Crippen LogP contribution >= 0.6 is 0 Å². The van der Waals surface area contributed by atoms with Crippen molar-refractivity contribution in [3.63, 3.8) is 0 Å². The number of fused-ring (bicyclic) bond motifs is 1. The number of rotatable bonds is 4. The summed E-state index contributed by atoms with van der Waals surface area (Å²) in [5.74, 6) is -0.816. The number of aromatic nitrogens is 1. The van der Waals surface area contributed by atoms with Crippen molar-refractivity contribution in [2.24, 2.45) is 0 Å². The molecule has 5 heteroatoms. The van der Waals surface area contributed by atoms with Gasteiger partial charge in [-0.25, -0.2) is 9.59 Å². The third-order valence-electron chi connectivity index (χ3n) is 3.82. The van der Waals surface area contributed by atoms with Gasteiger partial charge in [-0.3, -0.25) is 0 Å². The molecule has 1 aromatic heterocycles. The van der Waals surface area contributed by atoms with Gasteiger partial charge < -0.3 is 14.5 Å². The molecule has 0 atom stereocenters. The fourth-order valence-electron chi connectivity index (χ4n) is 2.67. The summed E-state index contributed by atoms with van der Waals surface area (Å²) in [5.41, 5.74) is 3.35. The Morgan fingerprint density at radius 2 is 1.83 bits per heavy atom. The Morgan fingerprint density at radius 3 is 2.62 bits per heavy atom. The molecule has 0 bridgehead atoms. The van der Waals surface area contributed by atoms with Crippen molar-refractivity contribution >= 4 is 22.8 Å². The lowest BCUT2D eigenvalue weighted by Gasteiger charge is -2.07. The Bertz CT molecular complexity index is 911. The Labute approximate surface area is 139 Å². The van der Waals surface area contributed by atoms with Crippen LogP contribution in [0.3, 0.4) is 0 Å². The second-order valence-corrected chi connectivity index (χ2v) is 5.44. The van der Waals surface area contributed by atoms with E-state index in [9.17, 15) is 9.59 Å². The van der Waals surface area contributed by atoms with E-state index in [-0.39, 0.29) is 6.61 Å². The van der Waals surface area contributed by atoms with Gasteiger partial charge in [0.1, 0.15) is 6.61 Å². The van der Waals surface area contributed by atoms with Crippen LogP contribution in [0.4, 0.5) is 0 Å². The minimum Gasteiger partial charge on any atom is -0.465 e. The number of aryl methyl sites for hydroxylation is 1. The monoisotopic (exact) mass is 323 g/mol. The van der Waals surface area contributed by atoms with E-state index in [0.717, 1.165) is 22.2 Å². The van der Waals surface area contributed by atoms with Crippen molar-refractivity contribution in [3.8, 4) is 0 Å². The normalized spacial score (nSPS) is 10.6. The zero-order chi connectivity index (χ0) is 17.1. The highest BCUT2D eigenvalue weighted by Crippen LogP contribution is 2.23. The van der Waals surface area contributed by atoms with Gasteiger partial charge in [0.2, 0.25) is 0 Å². The minimum absolute atomic E-state index is 0.0859. The standard InChI is InChI=1S/C19H17NO4/c1-12-17(15-8-3-4-9-16(15)20-12)19(22)24-11-13-6-5-7-14(10-13)18(21)23-2/h3-10,20H,11H2,1-2H3. The molecule has 0 saturated heterocycles. The minimum atomic E-state index is -0.421. The van der Waals surface area contributed by atoms with Crippen LogP contribution in [0.2, 0.25) is 0 Å². The van der Waals surface area contributed by atoms with Crippen molar-refractivity contribution < 1.29 is 19.1 Å². The van der Waals surface area contributed by atoms with E-state index >= 15 is 0 Å². The third kappa shape index (κ3) is 3.01. The summed E-state index contributed by atoms with van der Waals surface area (Å²) in [4.78, 5) is 27.2. The zero-order valence-corrected chi connectivity index (χ0v) is 13.5. The number of H-pyrrole nitrogens is 1. The van der Waals surface area contributed by atoms with Crippen LogP contribution in [-0.2, 0) is 16.1 Å². The second-order valence-electron chi connectivity index (χ2n) is 5.44. The van der Waals surface area contributed by atoms with E-state index in [1.54, 1.807) is 24.3 Å². The van der Waals surface area contributed by atoms with Crippen molar-refractivity contribution in [1.82, 2.24) is 4.98 Å². The number of methoxy groups -OCH3 is 1. The Morgan fingerprint density at radius 1 is 1.04 bits per heavy atom. The molecule has 0 radical (unpaired) electrons. The van der Waals surface area contributed by atoms with Gasteiger partial charge >= 0.3 is 11.9 Å². The summed E-state index contributed by atoms with van der Waals surface area (Å²) in [5, 5.41) is 0.836. The summed E-state index contributed by atoms with van der Waals surface area (Å²) < 4.78 is 10.1.